The zero-order valence-corrected chi connectivity index (χ0v) is 14.4. The van der Waals surface area contributed by atoms with Crippen molar-refractivity contribution in [2.45, 2.75) is 50.7 Å². The molecule has 0 heterocycles. The first kappa shape index (κ1) is 18.6. The summed E-state index contributed by atoms with van der Waals surface area (Å²) in [5.41, 5.74) is 9.64. The normalized spacial score (nSPS) is 23.1. The molecule has 0 spiro atoms. The van der Waals surface area contributed by atoms with E-state index in [9.17, 15) is 9.90 Å². The first-order valence-corrected chi connectivity index (χ1v) is 8.58. The van der Waals surface area contributed by atoms with Gasteiger partial charge in [0.05, 0.1) is 6.10 Å². The Hall–Kier alpha value is -1.75. The van der Waals surface area contributed by atoms with Crippen LogP contribution in [0, 0.1) is 5.92 Å². The fraction of sp³-hybridized carbons (Fsp3) is 0.588. The van der Waals surface area contributed by atoms with Crippen molar-refractivity contribution in [2.75, 3.05) is 6.61 Å². The number of hydrogen-bond donors (Lipinski definition) is 1. The minimum atomic E-state index is -1.12. The van der Waals surface area contributed by atoms with Gasteiger partial charge in [-0.25, -0.2) is 0 Å². The Kier molecular flexibility index (Phi) is 6.91. The van der Waals surface area contributed by atoms with Gasteiger partial charge >= 0.3 is 5.97 Å². The molecule has 0 aliphatic heterocycles. The molecule has 7 heteroatoms. The van der Waals surface area contributed by atoms with E-state index in [1.807, 2.05) is 19.1 Å². The van der Waals surface area contributed by atoms with Gasteiger partial charge in [-0.1, -0.05) is 28.8 Å². The maximum absolute atomic E-state index is 11.7. The van der Waals surface area contributed by atoms with E-state index in [2.05, 4.69) is 10.0 Å². The van der Waals surface area contributed by atoms with Crippen molar-refractivity contribution in [1.29, 1.82) is 0 Å². The van der Waals surface area contributed by atoms with Gasteiger partial charge in [-0.15, -0.1) is 0 Å². The molecule has 130 valence electrons. The highest BCUT2D eigenvalue weighted by atomic mass is 35.5. The Morgan fingerprint density at radius 1 is 1.38 bits per heavy atom. The van der Waals surface area contributed by atoms with Gasteiger partial charge < -0.3 is 9.84 Å². The lowest BCUT2D eigenvalue weighted by atomic mass is 9.73. The first-order chi connectivity index (χ1) is 11.6. The van der Waals surface area contributed by atoms with Crippen LogP contribution in [0.5, 0.6) is 0 Å². The quantitative estimate of drug-likeness (QED) is 0.435. The lowest BCUT2D eigenvalue weighted by Crippen LogP contribution is -2.34. The number of hydrogen-bond acceptors (Lipinski definition) is 3. The SMILES string of the molecule is CCOC1CCC([C@H](c2ccc(Cl)cc2)C(N=[N+]=[N-])C(=O)O)CC1. The highest BCUT2D eigenvalue weighted by molar-refractivity contribution is 6.30. The summed E-state index contributed by atoms with van der Waals surface area (Å²) in [7, 11) is 0. The molecular formula is C17H22ClN3O3. The van der Waals surface area contributed by atoms with E-state index >= 15 is 0 Å². The summed E-state index contributed by atoms with van der Waals surface area (Å²) >= 11 is 5.94. The maximum atomic E-state index is 11.7. The van der Waals surface area contributed by atoms with Crippen molar-refractivity contribution in [1.82, 2.24) is 0 Å². The van der Waals surface area contributed by atoms with E-state index in [-0.39, 0.29) is 17.9 Å². The molecule has 1 aromatic rings. The largest absolute Gasteiger partial charge is 0.481 e. The molecule has 0 saturated heterocycles. The van der Waals surface area contributed by atoms with E-state index in [4.69, 9.17) is 21.9 Å². The standard InChI is InChI=1S/C17H22ClN3O3/c1-2-24-14-9-5-12(6-10-14)15(16(17(22)23)20-21-19)11-3-7-13(18)8-4-11/h3-4,7-8,12,14-16H,2,5-6,9-10H2,1H3,(H,22,23)/t12?,14?,15-,16?/m0/s1. The second-order valence-electron chi connectivity index (χ2n) is 6.06. The number of rotatable bonds is 7. The molecular weight excluding hydrogens is 330 g/mol. The molecule has 1 fully saturated rings. The van der Waals surface area contributed by atoms with Crippen LogP contribution in [0.4, 0.5) is 0 Å². The van der Waals surface area contributed by atoms with Crippen LogP contribution in [0.3, 0.4) is 0 Å². The second kappa shape index (κ2) is 8.92. The Labute approximate surface area is 146 Å². The molecule has 1 saturated carbocycles. The summed E-state index contributed by atoms with van der Waals surface area (Å²) < 4.78 is 5.67. The Morgan fingerprint density at radius 3 is 2.50 bits per heavy atom. The summed E-state index contributed by atoms with van der Waals surface area (Å²) in [4.78, 5) is 14.4. The zero-order chi connectivity index (χ0) is 17.5. The molecule has 6 nitrogen and oxygen atoms in total. The third-order valence-electron chi connectivity index (χ3n) is 4.65. The third-order valence-corrected chi connectivity index (χ3v) is 4.91. The second-order valence-corrected chi connectivity index (χ2v) is 6.49. The summed E-state index contributed by atoms with van der Waals surface area (Å²) in [5, 5.41) is 13.7. The molecule has 2 rings (SSSR count). The van der Waals surface area contributed by atoms with Crippen LogP contribution in [0.2, 0.25) is 5.02 Å². The van der Waals surface area contributed by atoms with Crippen LogP contribution in [0.1, 0.15) is 44.1 Å². The number of nitrogens with zero attached hydrogens (tertiary/aromatic N) is 3. The molecule has 24 heavy (non-hydrogen) atoms. The van der Waals surface area contributed by atoms with Crippen LogP contribution in [0.15, 0.2) is 29.4 Å². The minimum absolute atomic E-state index is 0.134. The number of carboxylic acids is 1. The van der Waals surface area contributed by atoms with Crippen LogP contribution in [-0.2, 0) is 9.53 Å². The molecule has 0 amide bonds. The van der Waals surface area contributed by atoms with Crippen molar-refractivity contribution in [2.24, 2.45) is 11.0 Å². The monoisotopic (exact) mass is 351 g/mol. The maximum Gasteiger partial charge on any atom is 0.313 e. The number of benzene rings is 1. The molecule has 1 aromatic carbocycles. The Balaban J connectivity index is 2.27. The van der Waals surface area contributed by atoms with Gasteiger partial charge in [-0.05, 0) is 61.8 Å². The summed E-state index contributed by atoms with van der Waals surface area (Å²) in [6.07, 6.45) is 3.72. The van der Waals surface area contributed by atoms with E-state index in [1.165, 1.54) is 0 Å². The van der Waals surface area contributed by atoms with Crippen LogP contribution in [0.25, 0.3) is 10.4 Å². The number of aliphatic carboxylic acids is 1. The van der Waals surface area contributed by atoms with Gasteiger partial charge in [-0.3, -0.25) is 4.79 Å². The molecule has 0 aromatic heterocycles. The van der Waals surface area contributed by atoms with Gasteiger partial charge in [0.1, 0.15) is 6.04 Å². The third kappa shape index (κ3) is 4.63. The number of azide groups is 1. The van der Waals surface area contributed by atoms with Gasteiger partial charge in [0.15, 0.2) is 0 Å². The smallest absolute Gasteiger partial charge is 0.313 e. The van der Waals surface area contributed by atoms with E-state index < -0.39 is 12.0 Å². The first-order valence-electron chi connectivity index (χ1n) is 8.20. The van der Waals surface area contributed by atoms with Crippen LogP contribution < -0.4 is 0 Å². The average molecular weight is 352 g/mol. The highest BCUT2D eigenvalue weighted by Crippen LogP contribution is 2.40. The predicted octanol–water partition coefficient (Wildman–Crippen LogP) is 4.78. The number of halogens is 1. The van der Waals surface area contributed by atoms with Gasteiger partial charge in [-0.2, -0.15) is 0 Å². The molecule has 1 aliphatic carbocycles. The summed E-state index contributed by atoms with van der Waals surface area (Å²) in [6.45, 7) is 2.66. The van der Waals surface area contributed by atoms with Crippen molar-refractivity contribution in [3.63, 3.8) is 0 Å². The molecule has 1 aliphatic rings. The minimum Gasteiger partial charge on any atom is -0.481 e. The fourth-order valence-corrected chi connectivity index (χ4v) is 3.70. The lowest BCUT2D eigenvalue weighted by Gasteiger charge is -2.35. The number of carbonyl (C=O) groups is 1. The van der Waals surface area contributed by atoms with Crippen LogP contribution in [-0.4, -0.2) is 29.8 Å². The van der Waals surface area contributed by atoms with Gasteiger partial charge in [0.2, 0.25) is 0 Å². The van der Waals surface area contributed by atoms with E-state index in [0.717, 1.165) is 31.2 Å². The molecule has 0 bridgehead atoms. The number of carboxylic acid groups (broad SMARTS) is 1. The topological polar surface area (TPSA) is 95.3 Å². The highest BCUT2D eigenvalue weighted by Gasteiger charge is 2.37. The molecule has 0 radical (unpaired) electrons. The molecule has 1 unspecified atom stereocenters. The number of ether oxygens (including phenoxy) is 1. The van der Waals surface area contributed by atoms with Crippen LogP contribution >= 0.6 is 11.6 Å². The van der Waals surface area contributed by atoms with Crippen molar-refractivity contribution in [3.8, 4) is 0 Å². The fourth-order valence-electron chi connectivity index (χ4n) is 3.58. The summed E-state index contributed by atoms with van der Waals surface area (Å²) in [6, 6.07) is 6.01. The Morgan fingerprint density at radius 2 is 2.00 bits per heavy atom. The van der Waals surface area contributed by atoms with E-state index in [0.29, 0.717) is 11.6 Å². The predicted molar refractivity (Wildman–Crippen MR) is 92.1 cm³/mol. The Bertz CT molecular complexity index is 592. The van der Waals surface area contributed by atoms with E-state index in [1.54, 1.807) is 12.1 Å². The lowest BCUT2D eigenvalue weighted by molar-refractivity contribution is -0.139. The van der Waals surface area contributed by atoms with Crippen molar-refractivity contribution < 1.29 is 14.6 Å². The van der Waals surface area contributed by atoms with Crippen molar-refractivity contribution in [3.05, 3.63) is 45.3 Å². The average Bonchev–Trinajstić information content (AvgIpc) is 2.57. The van der Waals surface area contributed by atoms with Gasteiger partial charge in [0, 0.05) is 22.5 Å². The van der Waals surface area contributed by atoms with Gasteiger partial charge in [0.25, 0.3) is 0 Å². The van der Waals surface area contributed by atoms with Crippen molar-refractivity contribution >= 4 is 17.6 Å². The molecule has 2 atom stereocenters. The molecule has 1 N–H and O–H groups in total. The zero-order valence-electron chi connectivity index (χ0n) is 13.6. The summed E-state index contributed by atoms with van der Waals surface area (Å²) in [5.74, 6) is -1.33.